The molecule has 1 atom stereocenters. The number of benzene rings is 2. The second-order valence-electron chi connectivity index (χ2n) is 7.56. The predicted octanol–water partition coefficient (Wildman–Crippen LogP) is 4.75. The topological polar surface area (TPSA) is 76.8 Å². The van der Waals surface area contributed by atoms with Gasteiger partial charge in [-0.25, -0.2) is 13.2 Å². The van der Waals surface area contributed by atoms with Crippen molar-refractivity contribution < 1.29 is 22.4 Å². The Balaban J connectivity index is 1.74. The third kappa shape index (κ3) is 3.42. The Hall–Kier alpha value is -2.64. The average Bonchev–Trinajstić information content (AvgIpc) is 3.34. The van der Waals surface area contributed by atoms with Crippen LogP contribution in [0.3, 0.4) is 0 Å². The van der Waals surface area contributed by atoms with Gasteiger partial charge in [0.2, 0.25) is 15.8 Å². The van der Waals surface area contributed by atoms with Crippen LogP contribution in [-0.2, 0) is 14.8 Å². The first-order chi connectivity index (χ1) is 14.3. The minimum absolute atomic E-state index is 0.111. The largest absolute Gasteiger partial charge is 0.460 e. The molecule has 158 valence electrons. The van der Waals surface area contributed by atoms with Crippen molar-refractivity contribution in [1.29, 1.82) is 0 Å². The average molecular weight is 428 g/mol. The zero-order chi connectivity index (χ0) is 21.5. The molecule has 1 saturated heterocycles. The van der Waals surface area contributed by atoms with E-state index >= 15 is 0 Å². The number of nitrogens with zero attached hydrogens (tertiary/aromatic N) is 1. The van der Waals surface area contributed by atoms with Crippen molar-refractivity contribution >= 4 is 27.0 Å². The lowest BCUT2D eigenvalue weighted by molar-refractivity contribution is 0.0491. The molecule has 0 bridgehead atoms. The summed E-state index contributed by atoms with van der Waals surface area (Å²) < 4.78 is 39.3. The monoisotopic (exact) mass is 427 g/mol. The fourth-order valence-electron chi connectivity index (χ4n) is 4.19. The van der Waals surface area contributed by atoms with Crippen LogP contribution in [0.4, 0.5) is 0 Å². The van der Waals surface area contributed by atoms with Crippen molar-refractivity contribution in [1.82, 2.24) is 4.31 Å². The number of carbonyl (C=O) groups is 1. The Morgan fingerprint density at radius 1 is 1.20 bits per heavy atom. The molecule has 2 aromatic carbocycles. The highest BCUT2D eigenvalue weighted by molar-refractivity contribution is 7.89. The molecule has 0 radical (unpaired) electrons. The van der Waals surface area contributed by atoms with Crippen molar-refractivity contribution in [3.8, 4) is 0 Å². The zero-order valence-corrected chi connectivity index (χ0v) is 18.2. The van der Waals surface area contributed by atoms with Crippen LogP contribution in [0.1, 0.15) is 53.1 Å². The summed E-state index contributed by atoms with van der Waals surface area (Å²) in [4.78, 5) is 12.3. The fraction of sp³-hybridized carbons (Fsp3) is 0.348. The summed E-state index contributed by atoms with van der Waals surface area (Å²) in [6.45, 7) is 6.19. The first-order valence-electron chi connectivity index (χ1n) is 10.1. The molecule has 0 aliphatic carbocycles. The lowest BCUT2D eigenvalue weighted by atomic mass is 10.0. The molecular formula is C23H25NO5S. The van der Waals surface area contributed by atoms with E-state index in [1.807, 2.05) is 31.2 Å². The van der Waals surface area contributed by atoms with Crippen LogP contribution >= 0.6 is 0 Å². The summed E-state index contributed by atoms with van der Waals surface area (Å²) in [6, 6.07) is 12.5. The molecular weight excluding hydrogens is 402 g/mol. The molecule has 6 nitrogen and oxygen atoms in total. The van der Waals surface area contributed by atoms with E-state index in [4.69, 9.17) is 9.15 Å². The Labute approximate surface area is 176 Å². The normalized spacial score (nSPS) is 17.5. The second-order valence-corrected chi connectivity index (χ2v) is 9.46. The van der Waals surface area contributed by atoms with Crippen molar-refractivity contribution in [3.63, 3.8) is 0 Å². The van der Waals surface area contributed by atoms with Gasteiger partial charge in [-0.2, -0.15) is 4.31 Å². The highest BCUT2D eigenvalue weighted by atomic mass is 32.2. The number of rotatable bonds is 5. The number of aryl methyl sites for hydroxylation is 2. The molecule has 0 spiro atoms. The fourth-order valence-corrected chi connectivity index (χ4v) is 5.89. The van der Waals surface area contributed by atoms with E-state index in [-0.39, 0.29) is 23.3 Å². The summed E-state index contributed by atoms with van der Waals surface area (Å²) in [7, 11) is -3.71. The third-order valence-corrected chi connectivity index (χ3v) is 7.63. The first kappa shape index (κ1) is 20.6. The first-order valence-corrected chi connectivity index (χ1v) is 11.6. The highest BCUT2D eigenvalue weighted by Crippen LogP contribution is 2.38. The van der Waals surface area contributed by atoms with Crippen LogP contribution in [0.2, 0.25) is 0 Å². The van der Waals surface area contributed by atoms with Gasteiger partial charge in [0.25, 0.3) is 0 Å². The smallest absolute Gasteiger partial charge is 0.374 e. The van der Waals surface area contributed by atoms with Gasteiger partial charge in [0.1, 0.15) is 5.58 Å². The van der Waals surface area contributed by atoms with E-state index in [1.165, 1.54) is 0 Å². The summed E-state index contributed by atoms with van der Waals surface area (Å²) in [6.07, 6.45) is 1.61. The van der Waals surface area contributed by atoms with Crippen molar-refractivity contribution in [2.45, 2.75) is 44.6 Å². The highest BCUT2D eigenvalue weighted by Gasteiger charge is 2.37. The van der Waals surface area contributed by atoms with Gasteiger partial charge < -0.3 is 9.15 Å². The van der Waals surface area contributed by atoms with E-state index in [0.717, 1.165) is 24.0 Å². The van der Waals surface area contributed by atoms with Crippen LogP contribution in [0.5, 0.6) is 0 Å². The molecule has 4 rings (SSSR count). The molecule has 1 aliphatic rings. The number of sulfonamides is 1. The van der Waals surface area contributed by atoms with Gasteiger partial charge in [0.05, 0.1) is 17.5 Å². The number of ether oxygens (including phenoxy) is 1. The number of hydrogen-bond donors (Lipinski definition) is 0. The van der Waals surface area contributed by atoms with Gasteiger partial charge in [0.15, 0.2) is 0 Å². The van der Waals surface area contributed by atoms with E-state index in [9.17, 15) is 13.2 Å². The molecule has 2 heterocycles. The van der Waals surface area contributed by atoms with Gasteiger partial charge in [-0.1, -0.05) is 24.3 Å². The van der Waals surface area contributed by atoms with Gasteiger partial charge in [-0.3, -0.25) is 0 Å². The summed E-state index contributed by atoms with van der Waals surface area (Å²) >= 11 is 0. The van der Waals surface area contributed by atoms with Crippen LogP contribution in [0.15, 0.2) is 51.8 Å². The van der Waals surface area contributed by atoms with E-state index in [1.54, 1.807) is 36.4 Å². The van der Waals surface area contributed by atoms with Gasteiger partial charge in [0, 0.05) is 17.5 Å². The standard InChI is InChI=1S/C23H25NO5S/c1-4-28-23(25)22-16(3)19-14-17(11-12-21(19)29-22)30(26,27)24-13-7-10-20(24)18-9-6-5-8-15(18)2/h5-6,8-9,11-12,14,20H,4,7,10,13H2,1-3H3/t20-/m0/s1. The van der Waals surface area contributed by atoms with Crippen molar-refractivity contribution in [3.05, 3.63) is 64.9 Å². The van der Waals surface area contributed by atoms with Crippen molar-refractivity contribution in [2.75, 3.05) is 13.2 Å². The summed E-state index contributed by atoms with van der Waals surface area (Å²) in [5.41, 5.74) is 3.18. The number of carbonyl (C=O) groups excluding carboxylic acids is 1. The van der Waals surface area contributed by atoms with Crippen LogP contribution in [-0.4, -0.2) is 31.8 Å². The minimum atomic E-state index is -3.71. The van der Waals surface area contributed by atoms with Crippen LogP contribution in [0, 0.1) is 13.8 Å². The molecule has 0 unspecified atom stereocenters. The maximum Gasteiger partial charge on any atom is 0.374 e. The molecule has 1 fully saturated rings. The van der Waals surface area contributed by atoms with Gasteiger partial charge in [-0.15, -0.1) is 0 Å². The quantitative estimate of drug-likeness (QED) is 0.549. The Bertz CT molecular complexity index is 1210. The molecule has 0 amide bonds. The molecule has 1 aromatic heterocycles. The van der Waals surface area contributed by atoms with E-state index < -0.39 is 16.0 Å². The summed E-state index contributed by atoms with van der Waals surface area (Å²) in [5.74, 6) is -0.435. The Kier molecular flexibility index (Phi) is 5.42. The van der Waals surface area contributed by atoms with E-state index in [2.05, 4.69) is 0 Å². The third-order valence-electron chi connectivity index (χ3n) is 5.73. The lowest BCUT2D eigenvalue weighted by Crippen LogP contribution is -2.31. The maximum atomic E-state index is 13.5. The minimum Gasteiger partial charge on any atom is -0.460 e. The van der Waals surface area contributed by atoms with Gasteiger partial charge >= 0.3 is 5.97 Å². The number of fused-ring (bicyclic) bond motifs is 1. The van der Waals surface area contributed by atoms with Crippen molar-refractivity contribution in [2.24, 2.45) is 0 Å². The summed E-state index contributed by atoms with van der Waals surface area (Å²) in [5, 5.41) is 0.603. The van der Waals surface area contributed by atoms with Crippen LogP contribution < -0.4 is 0 Å². The van der Waals surface area contributed by atoms with E-state index in [0.29, 0.717) is 23.1 Å². The molecule has 0 saturated carbocycles. The Morgan fingerprint density at radius 3 is 2.70 bits per heavy atom. The molecule has 7 heteroatoms. The number of esters is 1. The zero-order valence-electron chi connectivity index (χ0n) is 17.3. The number of furan rings is 1. The number of hydrogen-bond acceptors (Lipinski definition) is 5. The molecule has 30 heavy (non-hydrogen) atoms. The predicted molar refractivity (Wildman–Crippen MR) is 114 cm³/mol. The molecule has 1 aliphatic heterocycles. The Morgan fingerprint density at radius 2 is 1.97 bits per heavy atom. The lowest BCUT2D eigenvalue weighted by Gasteiger charge is -2.25. The maximum absolute atomic E-state index is 13.5. The molecule has 0 N–H and O–H groups in total. The SMILES string of the molecule is CCOC(=O)c1oc2ccc(S(=O)(=O)N3CCC[C@H]3c3ccccc3C)cc2c1C. The van der Waals surface area contributed by atoms with Gasteiger partial charge in [-0.05, 0) is 62.9 Å². The molecule has 3 aromatic rings. The van der Waals surface area contributed by atoms with Crippen LogP contribution in [0.25, 0.3) is 11.0 Å². The second kappa shape index (κ2) is 7.89.